The van der Waals surface area contributed by atoms with Gasteiger partial charge in [-0.25, -0.2) is 9.97 Å². The zero-order chi connectivity index (χ0) is 20.6. The van der Waals surface area contributed by atoms with Crippen LogP contribution in [0.5, 0.6) is 5.75 Å². The number of nitrogens with one attached hydrogen (secondary N) is 1. The number of ether oxygens (including phenoxy) is 2. The van der Waals surface area contributed by atoms with Gasteiger partial charge >= 0.3 is 0 Å². The lowest BCUT2D eigenvalue weighted by Gasteiger charge is -2.36. The standard InChI is InChI=1S/C21H29N5O3/c1-16-15-17(20(27)22-9-6-14-28-2)24-21(23-16)26-12-10-25(11-13-26)18-7-4-5-8-19(18)29-3/h4-5,7-8,15H,6,9-14H2,1-3H3,(H,22,27). The maximum atomic E-state index is 12.4. The number of amides is 1. The summed E-state index contributed by atoms with van der Waals surface area (Å²) in [5.74, 6) is 1.30. The Morgan fingerprint density at radius 1 is 1.10 bits per heavy atom. The molecule has 0 bridgehead atoms. The van der Waals surface area contributed by atoms with Gasteiger partial charge in [-0.1, -0.05) is 12.1 Å². The molecule has 0 unspecified atom stereocenters. The van der Waals surface area contributed by atoms with Crippen LogP contribution in [0.4, 0.5) is 11.6 Å². The number of nitrogens with zero attached hydrogens (tertiary/aromatic N) is 4. The van der Waals surface area contributed by atoms with Crippen LogP contribution in [0.1, 0.15) is 22.6 Å². The van der Waals surface area contributed by atoms with E-state index in [-0.39, 0.29) is 5.91 Å². The third-order valence-corrected chi connectivity index (χ3v) is 4.87. The summed E-state index contributed by atoms with van der Waals surface area (Å²) < 4.78 is 10.5. The molecule has 2 aromatic rings. The average molecular weight is 399 g/mol. The van der Waals surface area contributed by atoms with E-state index in [9.17, 15) is 4.79 Å². The second-order valence-electron chi connectivity index (χ2n) is 6.94. The van der Waals surface area contributed by atoms with Crippen LogP contribution in [0.15, 0.2) is 30.3 Å². The van der Waals surface area contributed by atoms with Gasteiger partial charge in [-0.2, -0.15) is 0 Å². The van der Waals surface area contributed by atoms with Crippen LogP contribution < -0.4 is 19.9 Å². The Hall–Kier alpha value is -2.87. The number of hydrogen-bond acceptors (Lipinski definition) is 7. The summed E-state index contributed by atoms with van der Waals surface area (Å²) in [4.78, 5) is 25.9. The number of carbonyl (C=O) groups excluding carboxylic acids is 1. The first-order chi connectivity index (χ1) is 14.1. The maximum Gasteiger partial charge on any atom is 0.270 e. The molecule has 0 radical (unpaired) electrons. The molecule has 0 aliphatic carbocycles. The lowest BCUT2D eigenvalue weighted by Crippen LogP contribution is -2.47. The average Bonchev–Trinajstić information content (AvgIpc) is 2.76. The number of aryl methyl sites for hydroxylation is 1. The fraction of sp³-hybridized carbons (Fsp3) is 0.476. The van der Waals surface area contributed by atoms with E-state index in [2.05, 4.69) is 31.2 Å². The molecule has 29 heavy (non-hydrogen) atoms. The lowest BCUT2D eigenvalue weighted by atomic mass is 10.2. The first-order valence-electron chi connectivity index (χ1n) is 9.88. The van der Waals surface area contributed by atoms with Gasteiger partial charge in [0.15, 0.2) is 0 Å². The smallest absolute Gasteiger partial charge is 0.270 e. The molecule has 1 aliphatic rings. The van der Waals surface area contributed by atoms with E-state index in [0.717, 1.165) is 49.7 Å². The van der Waals surface area contributed by atoms with E-state index in [1.54, 1.807) is 20.3 Å². The lowest BCUT2D eigenvalue weighted by molar-refractivity contribution is 0.0943. The summed E-state index contributed by atoms with van der Waals surface area (Å²) >= 11 is 0. The quantitative estimate of drug-likeness (QED) is 0.679. The zero-order valence-electron chi connectivity index (χ0n) is 17.4. The summed E-state index contributed by atoms with van der Waals surface area (Å²) in [6.07, 6.45) is 0.768. The number of carbonyl (C=O) groups is 1. The molecule has 0 atom stereocenters. The van der Waals surface area contributed by atoms with Gasteiger partial charge in [0.1, 0.15) is 11.4 Å². The number of aromatic nitrogens is 2. The Bertz CT molecular complexity index is 822. The minimum absolute atomic E-state index is 0.180. The summed E-state index contributed by atoms with van der Waals surface area (Å²) in [6, 6.07) is 9.76. The van der Waals surface area contributed by atoms with Crippen molar-refractivity contribution in [3.8, 4) is 5.75 Å². The Balaban J connectivity index is 1.64. The van der Waals surface area contributed by atoms with E-state index in [1.807, 2.05) is 25.1 Å². The van der Waals surface area contributed by atoms with Crippen molar-refractivity contribution in [2.75, 3.05) is 63.4 Å². The van der Waals surface area contributed by atoms with Gasteiger partial charge in [0.25, 0.3) is 5.91 Å². The van der Waals surface area contributed by atoms with E-state index in [1.165, 1.54) is 0 Å². The van der Waals surface area contributed by atoms with Crippen molar-refractivity contribution in [3.05, 3.63) is 41.7 Å². The second-order valence-corrected chi connectivity index (χ2v) is 6.94. The molecule has 1 N–H and O–H groups in total. The largest absolute Gasteiger partial charge is 0.495 e. The number of methoxy groups -OCH3 is 2. The molecule has 1 aromatic heterocycles. The van der Waals surface area contributed by atoms with E-state index < -0.39 is 0 Å². The fourth-order valence-electron chi connectivity index (χ4n) is 3.36. The van der Waals surface area contributed by atoms with Crippen LogP contribution in [0, 0.1) is 6.92 Å². The topological polar surface area (TPSA) is 79.8 Å². The zero-order valence-corrected chi connectivity index (χ0v) is 17.4. The van der Waals surface area contributed by atoms with Gasteiger partial charge < -0.3 is 24.6 Å². The van der Waals surface area contributed by atoms with Crippen LogP contribution in [-0.2, 0) is 4.74 Å². The Kier molecular flexibility index (Phi) is 7.24. The molecule has 156 valence electrons. The first kappa shape index (κ1) is 20.9. The molecular weight excluding hydrogens is 370 g/mol. The number of piperazine rings is 1. The van der Waals surface area contributed by atoms with Crippen molar-refractivity contribution in [2.24, 2.45) is 0 Å². The van der Waals surface area contributed by atoms with E-state index in [0.29, 0.717) is 24.8 Å². The summed E-state index contributed by atoms with van der Waals surface area (Å²) in [5.41, 5.74) is 2.28. The molecule has 1 aromatic carbocycles. The molecule has 1 amide bonds. The highest BCUT2D eigenvalue weighted by Crippen LogP contribution is 2.28. The highest BCUT2D eigenvalue weighted by atomic mass is 16.5. The Labute approximate surface area is 171 Å². The predicted octanol–water partition coefficient (Wildman–Crippen LogP) is 1.89. The van der Waals surface area contributed by atoms with Crippen LogP contribution in [0.25, 0.3) is 0 Å². The number of benzene rings is 1. The van der Waals surface area contributed by atoms with E-state index >= 15 is 0 Å². The van der Waals surface area contributed by atoms with Gasteiger partial charge in [0, 0.05) is 52.1 Å². The SMILES string of the molecule is COCCCNC(=O)c1cc(C)nc(N2CCN(c3ccccc3OC)CC2)n1. The predicted molar refractivity (Wildman–Crippen MR) is 113 cm³/mol. The van der Waals surface area contributed by atoms with Crippen molar-refractivity contribution in [1.82, 2.24) is 15.3 Å². The number of rotatable bonds is 8. The van der Waals surface area contributed by atoms with Crippen LogP contribution in [-0.4, -0.2) is 69.4 Å². The highest BCUT2D eigenvalue weighted by Gasteiger charge is 2.22. The number of para-hydroxylation sites is 2. The number of anilines is 2. The van der Waals surface area contributed by atoms with Gasteiger partial charge in [-0.15, -0.1) is 0 Å². The third kappa shape index (κ3) is 5.35. The molecule has 2 heterocycles. The van der Waals surface area contributed by atoms with Crippen molar-refractivity contribution in [1.29, 1.82) is 0 Å². The Morgan fingerprint density at radius 3 is 2.55 bits per heavy atom. The molecular formula is C21H29N5O3. The Morgan fingerprint density at radius 2 is 1.83 bits per heavy atom. The van der Waals surface area contributed by atoms with Crippen molar-refractivity contribution < 1.29 is 14.3 Å². The molecule has 1 fully saturated rings. The normalized spacial score (nSPS) is 14.0. The minimum Gasteiger partial charge on any atom is -0.495 e. The first-order valence-corrected chi connectivity index (χ1v) is 9.88. The van der Waals surface area contributed by atoms with Crippen LogP contribution in [0.2, 0.25) is 0 Å². The monoisotopic (exact) mass is 399 g/mol. The maximum absolute atomic E-state index is 12.4. The second kappa shape index (κ2) is 10.1. The molecule has 1 aliphatic heterocycles. The molecule has 8 heteroatoms. The summed E-state index contributed by atoms with van der Waals surface area (Å²) in [6.45, 7) is 6.27. The van der Waals surface area contributed by atoms with Gasteiger partial charge in [0.05, 0.1) is 12.8 Å². The third-order valence-electron chi connectivity index (χ3n) is 4.87. The molecule has 1 saturated heterocycles. The summed E-state index contributed by atoms with van der Waals surface area (Å²) in [7, 11) is 3.34. The fourth-order valence-corrected chi connectivity index (χ4v) is 3.36. The van der Waals surface area contributed by atoms with Gasteiger partial charge in [-0.3, -0.25) is 4.79 Å². The minimum atomic E-state index is -0.180. The molecule has 8 nitrogen and oxygen atoms in total. The molecule has 0 spiro atoms. The van der Waals surface area contributed by atoms with Crippen molar-refractivity contribution in [3.63, 3.8) is 0 Å². The van der Waals surface area contributed by atoms with Crippen LogP contribution >= 0.6 is 0 Å². The number of hydrogen-bond donors (Lipinski definition) is 1. The van der Waals surface area contributed by atoms with Crippen molar-refractivity contribution in [2.45, 2.75) is 13.3 Å². The molecule has 0 saturated carbocycles. The van der Waals surface area contributed by atoms with Gasteiger partial charge in [0.2, 0.25) is 5.95 Å². The molecule has 3 rings (SSSR count). The van der Waals surface area contributed by atoms with Crippen LogP contribution in [0.3, 0.4) is 0 Å². The summed E-state index contributed by atoms with van der Waals surface area (Å²) in [5, 5.41) is 2.88. The van der Waals surface area contributed by atoms with E-state index in [4.69, 9.17) is 9.47 Å². The van der Waals surface area contributed by atoms with Crippen molar-refractivity contribution >= 4 is 17.5 Å². The highest BCUT2D eigenvalue weighted by molar-refractivity contribution is 5.92. The van der Waals surface area contributed by atoms with Gasteiger partial charge in [-0.05, 0) is 31.5 Å².